The number of carbonyl (C=O) groups excluding carboxylic acids is 1. The third kappa shape index (κ3) is 4.02. The fourth-order valence-electron chi connectivity index (χ4n) is 3.46. The van der Waals surface area contributed by atoms with E-state index in [2.05, 4.69) is 5.32 Å². The molecule has 1 heterocycles. The van der Waals surface area contributed by atoms with Gasteiger partial charge < -0.3 is 14.5 Å². The van der Waals surface area contributed by atoms with E-state index >= 15 is 0 Å². The minimum absolute atomic E-state index is 0.120. The lowest BCUT2D eigenvalue weighted by atomic mass is 10.2. The van der Waals surface area contributed by atoms with Gasteiger partial charge in [-0.05, 0) is 60.7 Å². The van der Waals surface area contributed by atoms with Crippen molar-refractivity contribution < 1.29 is 17.6 Å². The number of nitrogens with zero attached hydrogens (tertiary/aromatic N) is 2. The van der Waals surface area contributed by atoms with Gasteiger partial charge in [-0.25, -0.2) is 12.8 Å². The van der Waals surface area contributed by atoms with Crippen LogP contribution in [-0.4, -0.2) is 23.5 Å². The Hall–Kier alpha value is -3.76. The zero-order chi connectivity index (χ0) is 24.8. The Kier molecular flexibility index (Phi) is 5.88. The standard InChI is InChI=1S/C23H17ClFN3O5S/c1-27-18-11-17(26-21(29)13-3-5-14(24)6-4-13)20(12-19(18)28(2)23(31)22(27)30)34(32,33)16-9-7-15(25)8-10-16/h3-12H,1-2H3,(H,26,29). The van der Waals surface area contributed by atoms with E-state index in [1.54, 1.807) is 0 Å². The summed E-state index contributed by atoms with van der Waals surface area (Å²) in [5, 5.41) is 2.98. The average Bonchev–Trinajstić information content (AvgIpc) is 2.81. The molecule has 4 aromatic rings. The Bertz CT molecular complexity index is 1680. The summed E-state index contributed by atoms with van der Waals surface area (Å²) in [6, 6.07) is 12.6. The maximum absolute atomic E-state index is 13.5. The summed E-state index contributed by atoms with van der Waals surface area (Å²) in [7, 11) is -1.56. The fourth-order valence-corrected chi connectivity index (χ4v) is 5.00. The first-order chi connectivity index (χ1) is 16.0. The van der Waals surface area contributed by atoms with Gasteiger partial charge in [0.25, 0.3) is 5.91 Å². The maximum Gasteiger partial charge on any atom is 0.316 e. The van der Waals surface area contributed by atoms with Crippen LogP contribution in [0.2, 0.25) is 5.02 Å². The Morgan fingerprint density at radius 2 is 1.41 bits per heavy atom. The first-order valence-corrected chi connectivity index (χ1v) is 11.7. The Labute approximate surface area is 197 Å². The van der Waals surface area contributed by atoms with E-state index in [9.17, 15) is 27.2 Å². The van der Waals surface area contributed by atoms with Crippen molar-refractivity contribution in [3.05, 3.63) is 97.8 Å². The van der Waals surface area contributed by atoms with Crippen LogP contribution in [0.15, 0.2) is 80.0 Å². The number of anilines is 1. The highest BCUT2D eigenvalue weighted by molar-refractivity contribution is 7.91. The van der Waals surface area contributed by atoms with Gasteiger partial charge in [0.05, 0.1) is 26.5 Å². The molecule has 1 aromatic heterocycles. The van der Waals surface area contributed by atoms with Crippen LogP contribution < -0.4 is 16.4 Å². The summed E-state index contributed by atoms with van der Waals surface area (Å²) in [5.74, 6) is -1.24. The lowest BCUT2D eigenvalue weighted by Gasteiger charge is -2.16. The minimum atomic E-state index is -4.27. The highest BCUT2D eigenvalue weighted by atomic mass is 35.5. The molecule has 0 aliphatic heterocycles. The molecule has 0 unspecified atom stereocenters. The van der Waals surface area contributed by atoms with E-state index in [-0.39, 0.29) is 32.1 Å². The SMILES string of the molecule is Cn1c(=O)c(=O)n(C)c2cc(S(=O)(=O)c3ccc(F)cc3)c(NC(=O)c3ccc(Cl)cc3)cc21. The van der Waals surface area contributed by atoms with Crippen molar-refractivity contribution in [2.75, 3.05) is 5.32 Å². The van der Waals surface area contributed by atoms with E-state index in [4.69, 9.17) is 11.6 Å². The molecule has 0 aliphatic carbocycles. The van der Waals surface area contributed by atoms with Crippen molar-refractivity contribution in [2.24, 2.45) is 14.1 Å². The van der Waals surface area contributed by atoms with Gasteiger partial charge in [0.1, 0.15) is 5.82 Å². The van der Waals surface area contributed by atoms with Crippen LogP contribution in [0, 0.1) is 5.82 Å². The molecule has 8 nitrogen and oxygen atoms in total. The van der Waals surface area contributed by atoms with Gasteiger partial charge in [0, 0.05) is 24.7 Å². The molecular formula is C23H17ClFN3O5S. The quantitative estimate of drug-likeness (QED) is 0.341. The highest BCUT2D eigenvalue weighted by Gasteiger charge is 2.25. The topological polar surface area (TPSA) is 107 Å². The molecule has 0 saturated heterocycles. The monoisotopic (exact) mass is 501 g/mol. The van der Waals surface area contributed by atoms with Gasteiger partial charge >= 0.3 is 11.1 Å². The number of hydrogen-bond donors (Lipinski definition) is 1. The Balaban J connectivity index is 1.99. The molecule has 0 aliphatic rings. The Morgan fingerprint density at radius 1 is 0.882 bits per heavy atom. The number of halogens is 2. The molecule has 0 saturated carbocycles. The average molecular weight is 502 g/mol. The minimum Gasteiger partial charge on any atom is -0.321 e. The molecule has 174 valence electrons. The molecule has 0 fully saturated rings. The van der Waals surface area contributed by atoms with Crippen molar-refractivity contribution in [3.63, 3.8) is 0 Å². The van der Waals surface area contributed by atoms with E-state index < -0.39 is 32.7 Å². The number of carbonyl (C=O) groups is 1. The number of sulfone groups is 1. The number of aromatic nitrogens is 2. The number of fused-ring (bicyclic) bond motifs is 1. The van der Waals surface area contributed by atoms with Crippen molar-refractivity contribution in [1.82, 2.24) is 9.13 Å². The van der Waals surface area contributed by atoms with Crippen LogP contribution in [0.5, 0.6) is 0 Å². The first-order valence-electron chi connectivity index (χ1n) is 9.82. The molecule has 1 amide bonds. The predicted molar refractivity (Wildman–Crippen MR) is 126 cm³/mol. The van der Waals surface area contributed by atoms with Gasteiger partial charge in [0.2, 0.25) is 9.84 Å². The molecule has 11 heteroatoms. The number of rotatable bonds is 4. The van der Waals surface area contributed by atoms with Crippen molar-refractivity contribution in [2.45, 2.75) is 9.79 Å². The van der Waals surface area contributed by atoms with Crippen molar-refractivity contribution in [3.8, 4) is 0 Å². The van der Waals surface area contributed by atoms with Gasteiger partial charge in [-0.1, -0.05) is 11.6 Å². The number of amides is 1. The summed E-state index contributed by atoms with van der Waals surface area (Å²) in [5.41, 5.74) is -1.21. The molecule has 0 radical (unpaired) electrons. The summed E-state index contributed by atoms with van der Waals surface area (Å²) in [4.78, 5) is 36.9. The molecule has 1 N–H and O–H groups in total. The highest BCUT2D eigenvalue weighted by Crippen LogP contribution is 2.32. The first kappa shape index (κ1) is 23.4. The van der Waals surface area contributed by atoms with Crippen LogP contribution in [0.4, 0.5) is 10.1 Å². The molecule has 0 spiro atoms. The molecular weight excluding hydrogens is 485 g/mol. The van der Waals surface area contributed by atoms with E-state index in [1.165, 1.54) is 50.5 Å². The number of aryl methyl sites for hydroxylation is 2. The van der Waals surface area contributed by atoms with Gasteiger partial charge in [0.15, 0.2) is 0 Å². The lowest BCUT2D eigenvalue weighted by Crippen LogP contribution is -2.39. The second-order valence-electron chi connectivity index (χ2n) is 7.48. The van der Waals surface area contributed by atoms with Crippen LogP contribution >= 0.6 is 11.6 Å². The second-order valence-corrected chi connectivity index (χ2v) is 9.84. The smallest absolute Gasteiger partial charge is 0.316 e. The summed E-state index contributed by atoms with van der Waals surface area (Å²) < 4.78 is 42.5. The molecule has 34 heavy (non-hydrogen) atoms. The molecule has 4 rings (SSSR count). The zero-order valence-electron chi connectivity index (χ0n) is 17.9. The third-order valence-corrected chi connectivity index (χ3v) is 7.42. The van der Waals surface area contributed by atoms with Gasteiger partial charge in [-0.3, -0.25) is 14.4 Å². The third-order valence-electron chi connectivity index (χ3n) is 5.36. The van der Waals surface area contributed by atoms with Crippen molar-refractivity contribution in [1.29, 1.82) is 0 Å². The van der Waals surface area contributed by atoms with Gasteiger partial charge in [-0.2, -0.15) is 0 Å². The van der Waals surface area contributed by atoms with E-state index in [0.29, 0.717) is 5.02 Å². The summed E-state index contributed by atoms with van der Waals surface area (Å²) in [6.45, 7) is 0. The number of nitrogens with one attached hydrogen (secondary N) is 1. The normalized spacial score (nSPS) is 11.5. The van der Waals surface area contributed by atoms with Crippen LogP contribution in [0.1, 0.15) is 10.4 Å². The fraction of sp³-hybridized carbons (Fsp3) is 0.0870. The van der Waals surface area contributed by atoms with Crippen LogP contribution in [0.3, 0.4) is 0 Å². The molecule has 3 aromatic carbocycles. The zero-order valence-corrected chi connectivity index (χ0v) is 19.4. The maximum atomic E-state index is 13.5. The summed E-state index contributed by atoms with van der Waals surface area (Å²) in [6.07, 6.45) is 0. The number of benzene rings is 3. The second kappa shape index (κ2) is 8.54. The van der Waals surface area contributed by atoms with E-state index in [0.717, 1.165) is 33.4 Å². The lowest BCUT2D eigenvalue weighted by molar-refractivity contribution is 0.102. The van der Waals surface area contributed by atoms with Crippen LogP contribution in [-0.2, 0) is 23.9 Å². The molecule has 0 atom stereocenters. The van der Waals surface area contributed by atoms with Crippen molar-refractivity contribution >= 4 is 44.1 Å². The largest absolute Gasteiger partial charge is 0.321 e. The van der Waals surface area contributed by atoms with Crippen LogP contribution in [0.25, 0.3) is 11.0 Å². The van der Waals surface area contributed by atoms with Gasteiger partial charge in [-0.15, -0.1) is 0 Å². The predicted octanol–water partition coefficient (Wildman–Crippen LogP) is 3.11. The Morgan fingerprint density at radius 3 is 1.97 bits per heavy atom. The number of hydrogen-bond acceptors (Lipinski definition) is 5. The summed E-state index contributed by atoms with van der Waals surface area (Å²) >= 11 is 5.87. The molecule has 0 bridgehead atoms. The van der Waals surface area contributed by atoms with E-state index in [1.807, 2.05) is 0 Å².